The third-order valence-corrected chi connectivity index (χ3v) is 7.76. The lowest BCUT2D eigenvalue weighted by atomic mass is 10.1. The van der Waals surface area contributed by atoms with Crippen molar-refractivity contribution in [2.24, 2.45) is 0 Å². The third kappa shape index (κ3) is 5.99. The van der Waals surface area contributed by atoms with E-state index in [9.17, 15) is 9.59 Å². The Labute approximate surface area is 225 Å². The van der Waals surface area contributed by atoms with Crippen LogP contribution in [-0.4, -0.2) is 31.1 Å². The van der Waals surface area contributed by atoms with Gasteiger partial charge in [0.1, 0.15) is 21.3 Å². The Bertz CT molecular complexity index is 1390. The number of thiocarbonyl (C=S) groups is 1. The topological polar surface area (TPSA) is 63.9 Å². The van der Waals surface area contributed by atoms with Crippen molar-refractivity contribution < 1.29 is 9.53 Å². The van der Waals surface area contributed by atoms with Crippen molar-refractivity contribution in [2.45, 2.75) is 52.4 Å². The minimum atomic E-state index is -0.331. The van der Waals surface area contributed by atoms with Gasteiger partial charge in [0.2, 0.25) is 5.88 Å². The maximum Gasteiger partial charge on any atom is 0.269 e. The summed E-state index contributed by atoms with van der Waals surface area (Å²) in [5.41, 5.74) is 1.13. The van der Waals surface area contributed by atoms with Crippen molar-refractivity contribution in [2.75, 3.05) is 6.54 Å². The van der Waals surface area contributed by atoms with Gasteiger partial charge in [-0.25, -0.2) is 0 Å². The van der Waals surface area contributed by atoms with E-state index >= 15 is 0 Å². The van der Waals surface area contributed by atoms with E-state index in [1.807, 2.05) is 6.92 Å². The maximum atomic E-state index is 13.4. The molecule has 1 amide bonds. The highest BCUT2D eigenvalue weighted by Gasteiger charge is 2.32. The first-order valence-electron chi connectivity index (χ1n) is 12.1. The predicted molar refractivity (Wildman–Crippen MR) is 151 cm³/mol. The summed E-state index contributed by atoms with van der Waals surface area (Å²) in [6, 6.07) is 10.5. The van der Waals surface area contributed by atoms with E-state index in [1.54, 1.807) is 53.6 Å². The SMILES string of the molecule is CCCCCCCCN1C(=O)/C(=C\c2c(Oc3ccc(Cl)c(C)c3)nc3ccccn3c2=O)SC1=S. The summed E-state index contributed by atoms with van der Waals surface area (Å²) in [5, 5.41) is 0.614. The van der Waals surface area contributed by atoms with Crippen LogP contribution in [0, 0.1) is 6.92 Å². The van der Waals surface area contributed by atoms with Crippen LogP contribution >= 0.6 is 35.6 Å². The van der Waals surface area contributed by atoms with Crippen molar-refractivity contribution in [3.63, 3.8) is 0 Å². The second-order valence-electron chi connectivity index (χ2n) is 8.68. The molecule has 0 bridgehead atoms. The van der Waals surface area contributed by atoms with Gasteiger partial charge in [0.25, 0.3) is 11.5 Å². The molecule has 9 heteroatoms. The summed E-state index contributed by atoms with van der Waals surface area (Å²) in [6.07, 6.45) is 9.95. The first-order valence-corrected chi connectivity index (χ1v) is 13.7. The van der Waals surface area contributed by atoms with Crippen molar-refractivity contribution >= 4 is 57.5 Å². The van der Waals surface area contributed by atoms with Gasteiger partial charge in [-0.15, -0.1) is 0 Å². The molecule has 6 nitrogen and oxygen atoms in total. The summed E-state index contributed by atoms with van der Waals surface area (Å²) in [7, 11) is 0. The molecule has 4 rings (SSSR count). The van der Waals surface area contributed by atoms with Crippen molar-refractivity contribution in [3.05, 3.63) is 74.0 Å². The Hall–Kier alpha value is -2.68. The molecule has 2 aromatic heterocycles. The minimum Gasteiger partial charge on any atom is -0.438 e. The molecule has 0 spiro atoms. The standard InChI is InChI=1S/C27H28ClN3O3S2/c1-3-4-5-6-7-9-15-31-26(33)22(36-27(31)35)17-20-24(34-19-12-13-21(28)18(2)16-19)29-23-11-8-10-14-30(23)25(20)32/h8,10-14,16-17H,3-7,9,15H2,1-2H3/b22-17+. The lowest BCUT2D eigenvalue weighted by Crippen LogP contribution is -2.29. The summed E-state index contributed by atoms with van der Waals surface area (Å²) in [4.78, 5) is 33.2. The van der Waals surface area contributed by atoms with Gasteiger partial charge in [-0.3, -0.25) is 18.9 Å². The van der Waals surface area contributed by atoms with E-state index in [2.05, 4.69) is 11.9 Å². The number of benzene rings is 1. The lowest BCUT2D eigenvalue weighted by molar-refractivity contribution is -0.122. The Morgan fingerprint density at radius 2 is 1.89 bits per heavy atom. The van der Waals surface area contributed by atoms with Gasteiger partial charge in [0, 0.05) is 17.8 Å². The fourth-order valence-electron chi connectivity index (χ4n) is 3.95. The van der Waals surface area contributed by atoms with Crippen LogP contribution in [-0.2, 0) is 4.79 Å². The molecule has 0 N–H and O–H groups in total. The van der Waals surface area contributed by atoms with Gasteiger partial charge in [0.15, 0.2) is 0 Å². The van der Waals surface area contributed by atoms with Crippen LogP contribution in [0.15, 0.2) is 52.3 Å². The van der Waals surface area contributed by atoms with Crippen molar-refractivity contribution in [1.82, 2.24) is 14.3 Å². The molecule has 3 aromatic rings. The fourth-order valence-corrected chi connectivity index (χ4v) is 5.36. The number of aromatic nitrogens is 2. The average Bonchev–Trinajstić information content (AvgIpc) is 3.13. The first-order chi connectivity index (χ1) is 17.4. The molecule has 188 valence electrons. The van der Waals surface area contributed by atoms with Crippen LogP contribution in [0.25, 0.3) is 11.7 Å². The van der Waals surface area contributed by atoms with Crippen LogP contribution in [0.4, 0.5) is 0 Å². The van der Waals surface area contributed by atoms with E-state index < -0.39 is 0 Å². The number of carbonyl (C=O) groups is 1. The fraction of sp³-hybridized carbons (Fsp3) is 0.333. The number of halogens is 1. The lowest BCUT2D eigenvalue weighted by Gasteiger charge is -2.14. The molecule has 0 radical (unpaired) electrons. The van der Waals surface area contributed by atoms with Crippen molar-refractivity contribution in [1.29, 1.82) is 0 Å². The Morgan fingerprint density at radius 1 is 1.11 bits per heavy atom. The average molecular weight is 542 g/mol. The van der Waals surface area contributed by atoms with Gasteiger partial charge in [0.05, 0.1) is 4.91 Å². The number of pyridine rings is 1. The van der Waals surface area contributed by atoms with E-state index in [-0.39, 0.29) is 22.9 Å². The van der Waals surface area contributed by atoms with E-state index in [1.165, 1.54) is 35.4 Å². The third-order valence-electron chi connectivity index (χ3n) is 5.96. The monoisotopic (exact) mass is 541 g/mol. The van der Waals surface area contributed by atoms with Crippen LogP contribution in [0.2, 0.25) is 5.02 Å². The quantitative estimate of drug-likeness (QED) is 0.156. The largest absolute Gasteiger partial charge is 0.438 e. The van der Waals surface area contributed by atoms with Gasteiger partial charge >= 0.3 is 0 Å². The van der Waals surface area contributed by atoms with Gasteiger partial charge in [-0.2, -0.15) is 4.98 Å². The number of fused-ring (bicyclic) bond motifs is 1. The van der Waals surface area contributed by atoms with Gasteiger partial charge in [-0.05, 0) is 55.3 Å². The summed E-state index contributed by atoms with van der Waals surface area (Å²) in [6.45, 7) is 4.64. The molecular weight excluding hydrogens is 514 g/mol. The van der Waals surface area contributed by atoms with Crippen LogP contribution in [0.1, 0.15) is 56.6 Å². The number of rotatable bonds is 10. The number of carbonyl (C=O) groups excluding carboxylic acids is 1. The van der Waals surface area contributed by atoms with E-state index in [4.69, 9.17) is 28.6 Å². The number of unbranched alkanes of at least 4 members (excludes halogenated alkanes) is 5. The van der Waals surface area contributed by atoms with Gasteiger partial charge in [-0.1, -0.05) is 80.7 Å². The second kappa shape index (κ2) is 12.0. The zero-order chi connectivity index (χ0) is 25.7. The highest BCUT2D eigenvalue weighted by Crippen LogP contribution is 2.34. The van der Waals surface area contributed by atoms with Crippen molar-refractivity contribution in [3.8, 4) is 11.6 Å². The summed E-state index contributed by atoms with van der Waals surface area (Å²) >= 11 is 12.8. The van der Waals surface area contributed by atoms with E-state index in [0.29, 0.717) is 32.2 Å². The number of nitrogens with zero attached hydrogens (tertiary/aromatic N) is 3. The van der Waals surface area contributed by atoms with E-state index in [0.717, 1.165) is 24.8 Å². The smallest absolute Gasteiger partial charge is 0.269 e. The molecule has 3 heterocycles. The molecule has 1 aromatic carbocycles. The zero-order valence-electron chi connectivity index (χ0n) is 20.3. The molecule has 1 fully saturated rings. The van der Waals surface area contributed by atoms with Crippen LogP contribution in [0.5, 0.6) is 11.6 Å². The summed E-state index contributed by atoms with van der Waals surface area (Å²) < 4.78 is 7.99. The number of aryl methyl sites for hydroxylation is 1. The molecular formula is C27H28ClN3O3S2. The minimum absolute atomic E-state index is 0.120. The van der Waals surface area contributed by atoms with Gasteiger partial charge < -0.3 is 4.74 Å². The molecule has 36 heavy (non-hydrogen) atoms. The number of amides is 1. The highest BCUT2D eigenvalue weighted by molar-refractivity contribution is 8.26. The number of hydrogen-bond donors (Lipinski definition) is 0. The number of thioether (sulfide) groups is 1. The number of ether oxygens (including phenoxy) is 1. The molecule has 0 atom stereocenters. The molecule has 0 unspecified atom stereocenters. The second-order valence-corrected chi connectivity index (χ2v) is 10.8. The highest BCUT2D eigenvalue weighted by atomic mass is 35.5. The normalized spacial score (nSPS) is 14.9. The molecule has 1 aliphatic rings. The molecule has 0 aliphatic carbocycles. The zero-order valence-corrected chi connectivity index (χ0v) is 22.7. The number of hydrogen-bond acceptors (Lipinski definition) is 6. The Balaban J connectivity index is 1.63. The Morgan fingerprint density at radius 3 is 2.67 bits per heavy atom. The predicted octanol–water partition coefficient (Wildman–Crippen LogP) is 7.01. The molecule has 1 saturated heterocycles. The van der Waals surface area contributed by atoms with Crippen LogP contribution in [0.3, 0.4) is 0 Å². The van der Waals surface area contributed by atoms with Crippen LogP contribution < -0.4 is 10.3 Å². The summed E-state index contributed by atoms with van der Waals surface area (Å²) in [5.74, 6) is 0.424. The maximum absolute atomic E-state index is 13.4. The molecule has 1 aliphatic heterocycles. The Kier molecular flexibility index (Phi) is 8.82. The molecule has 0 saturated carbocycles. The first kappa shape index (κ1) is 26.4.